The molecule has 2 nitrogen and oxygen atoms in total. The van der Waals surface area contributed by atoms with E-state index < -0.39 is 0 Å². The van der Waals surface area contributed by atoms with Crippen LogP contribution >= 0.6 is 0 Å². The van der Waals surface area contributed by atoms with Gasteiger partial charge in [0.1, 0.15) is 5.75 Å². The Kier molecular flexibility index (Phi) is 3.53. The normalized spacial score (nSPS) is 35.6. The monoisotopic (exact) mass is 298 g/mol. The highest BCUT2D eigenvalue weighted by atomic mass is 16.7. The van der Waals surface area contributed by atoms with E-state index in [9.17, 15) is 0 Å². The maximum Gasteiger partial charge on any atom is 0.189 e. The van der Waals surface area contributed by atoms with Gasteiger partial charge in [-0.1, -0.05) is 24.3 Å². The van der Waals surface area contributed by atoms with Crippen molar-refractivity contribution in [2.75, 3.05) is 6.79 Å². The molecule has 2 heteroatoms. The molecule has 4 saturated carbocycles. The summed E-state index contributed by atoms with van der Waals surface area (Å²) in [6, 6.07) is 8.13. The van der Waals surface area contributed by atoms with E-state index in [1.807, 2.05) is 19.1 Å². The highest BCUT2D eigenvalue weighted by Crippen LogP contribution is 2.57. The second-order valence-corrected chi connectivity index (χ2v) is 7.81. The standard InChI is InChI=1S/C20H26O2/c1-14(2)18-3-5-19(6-4-18)21-13-22-20-10-15-7-16(11-20)9-17(8-15)12-20/h3-6,15-17H,1,7-13H2,2H3. The van der Waals surface area contributed by atoms with Crippen LogP contribution in [0.3, 0.4) is 0 Å². The van der Waals surface area contributed by atoms with E-state index in [4.69, 9.17) is 9.47 Å². The van der Waals surface area contributed by atoms with Crippen molar-refractivity contribution >= 4 is 5.57 Å². The van der Waals surface area contributed by atoms with Crippen molar-refractivity contribution in [2.24, 2.45) is 17.8 Å². The van der Waals surface area contributed by atoms with Crippen LogP contribution in [0.15, 0.2) is 30.8 Å². The summed E-state index contributed by atoms with van der Waals surface area (Å²) in [6.07, 6.45) is 8.13. The summed E-state index contributed by atoms with van der Waals surface area (Å²) >= 11 is 0. The van der Waals surface area contributed by atoms with E-state index in [0.29, 0.717) is 6.79 Å². The minimum atomic E-state index is 0.131. The van der Waals surface area contributed by atoms with Crippen molar-refractivity contribution in [3.63, 3.8) is 0 Å². The smallest absolute Gasteiger partial charge is 0.189 e. The fourth-order valence-corrected chi connectivity index (χ4v) is 5.27. The van der Waals surface area contributed by atoms with E-state index >= 15 is 0 Å². The Morgan fingerprint density at radius 3 is 2.09 bits per heavy atom. The van der Waals surface area contributed by atoms with Crippen molar-refractivity contribution in [1.82, 2.24) is 0 Å². The van der Waals surface area contributed by atoms with Crippen molar-refractivity contribution < 1.29 is 9.47 Å². The van der Waals surface area contributed by atoms with E-state index in [2.05, 4.69) is 18.7 Å². The zero-order valence-corrected chi connectivity index (χ0v) is 13.5. The van der Waals surface area contributed by atoms with Gasteiger partial charge in [0, 0.05) is 0 Å². The molecule has 1 aromatic carbocycles. The third kappa shape index (κ3) is 2.69. The van der Waals surface area contributed by atoms with Gasteiger partial charge in [-0.15, -0.1) is 0 Å². The predicted octanol–water partition coefficient (Wildman–Crippen LogP) is 5.04. The van der Waals surface area contributed by atoms with E-state index in [1.165, 1.54) is 38.5 Å². The second kappa shape index (κ2) is 5.42. The number of hydrogen-bond acceptors (Lipinski definition) is 2. The quantitative estimate of drug-likeness (QED) is 0.709. The lowest BCUT2D eigenvalue weighted by Crippen LogP contribution is -2.52. The van der Waals surface area contributed by atoms with Gasteiger partial charge in [0.05, 0.1) is 5.60 Å². The minimum absolute atomic E-state index is 0.131. The summed E-state index contributed by atoms with van der Waals surface area (Å²) in [5.41, 5.74) is 2.37. The first kappa shape index (κ1) is 14.3. The lowest BCUT2D eigenvalue weighted by Gasteiger charge is -2.56. The fraction of sp³-hybridized carbons (Fsp3) is 0.600. The van der Waals surface area contributed by atoms with Crippen LogP contribution in [0, 0.1) is 17.8 Å². The Morgan fingerprint density at radius 2 is 1.59 bits per heavy atom. The molecule has 0 heterocycles. The Hall–Kier alpha value is -1.28. The van der Waals surface area contributed by atoms with Gasteiger partial charge in [-0.25, -0.2) is 0 Å². The molecule has 4 aliphatic carbocycles. The Labute approximate surface area is 133 Å². The third-order valence-electron chi connectivity index (χ3n) is 5.92. The van der Waals surface area contributed by atoms with Crippen molar-refractivity contribution in [2.45, 2.75) is 51.0 Å². The van der Waals surface area contributed by atoms with Gasteiger partial charge in [0.2, 0.25) is 0 Å². The van der Waals surface area contributed by atoms with Gasteiger partial charge < -0.3 is 9.47 Å². The molecule has 0 unspecified atom stereocenters. The molecule has 0 atom stereocenters. The summed E-state index contributed by atoms with van der Waals surface area (Å²) in [6.45, 7) is 6.37. The van der Waals surface area contributed by atoms with Gasteiger partial charge in [-0.05, 0) is 80.9 Å². The number of ether oxygens (including phenoxy) is 2. The molecule has 0 saturated heterocycles. The molecule has 118 valence electrons. The van der Waals surface area contributed by atoms with Crippen molar-refractivity contribution in [3.8, 4) is 5.75 Å². The first-order valence-corrected chi connectivity index (χ1v) is 8.65. The molecule has 1 aromatic rings. The first-order valence-electron chi connectivity index (χ1n) is 8.65. The fourth-order valence-electron chi connectivity index (χ4n) is 5.27. The van der Waals surface area contributed by atoms with Gasteiger partial charge in [0.15, 0.2) is 6.79 Å². The van der Waals surface area contributed by atoms with E-state index in [0.717, 1.165) is 34.6 Å². The lowest BCUT2D eigenvalue weighted by molar-refractivity contribution is -0.190. The minimum Gasteiger partial charge on any atom is -0.468 e. The zero-order valence-electron chi connectivity index (χ0n) is 13.5. The zero-order chi connectivity index (χ0) is 15.2. The molecule has 4 bridgehead atoms. The summed E-state index contributed by atoms with van der Waals surface area (Å²) in [7, 11) is 0. The lowest BCUT2D eigenvalue weighted by atomic mass is 9.54. The van der Waals surface area contributed by atoms with Gasteiger partial charge >= 0.3 is 0 Å². The predicted molar refractivity (Wildman–Crippen MR) is 88.6 cm³/mol. The molecule has 0 aromatic heterocycles. The highest BCUT2D eigenvalue weighted by Gasteiger charge is 2.51. The molecular weight excluding hydrogens is 272 g/mol. The molecule has 0 N–H and O–H groups in total. The number of hydrogen-bond donors (Lipinski definition) is 0. The second-order valence-electron chi connectivity index (χ2n) is 7.81. The molecule has 0 spiro atoms. The van der Waals surface area contributed by atoms with Crippen LogP contribution in [0.25, 0.3) is 5.57 Å². The SMILES string of the molecule is C=C(C)c1ccc(OCOC23CC4CC(CC(C4)C2)C3)cc1. The number of benzene rings is 1. The summed E-state index contributed by atoms with van der Waals surface area (Å²) in [5.74, 6) is 3.64. The van der Waals surface area contributed by atoms with Crippen LogP contribution in [0.1, 0.15) is 51.0 Å². The summed E-state index contributed by atoms with van der Waals surface area (Å²) in [5, 5.41) is 0. The van der Waals surface area contributed by atoms with Gasteiger partial charge in [0.25, 0.3) is 0 Å². The average Bonchev–Trinajstić information content (AvgIpc) is 2.46. The van der Waals surface area contributed by atoms with Crippen LogP contribution in [0.4, 0.5) is 0 Å². The van der Waals surface area contributed by atoms with E-state index in [-0.39, 0.29) is 5.60 Å². The van der Waals surface area contributed by atoms with Crippen molar-refractivity contribution in [3.05, 3.63) is 36.4 Å². The average molecular weight is 298 g/mol. The van der Waals surface area contributed by atoms with Crippen LogP contribution in [-0.2, 0) is 4.74 Å². The molecule has 4 fully saturated rings. The molecule has 0 radical (unpaired) electrons. The maximum atomic E-state index is 6.28. The van der Waals surface area contributed by atoms with Crippen LogP contribution in [0.5, 0.6) is 5.75 Å². The molecular formula is C20H26O2. The Balaban J connectivity index is 1.34. The topological polar surface area (TPSA) is 18.5 Å². The molecule has 22 heavy (non-hydrogen) atoms. The van der Waals surface area contributed by atoms with Crippen LogP contribution in [-0.4, -0.2) is 12.4 Å². The Morgan fingerprint density at radius 1 is 1.05 bits per heavy atom. The molecule has 4 aliphatic rings. The maximum absolute atomic E-state index is 6.28. The molecule has 0 amide bonds. The largest absolute Gasteiger partial charge is 0.468 e. The first-order chi connectivity index (χ1) is 10.6. The van der Waals surface area contributed by atoms with Gasteiger partial charge in [-0.2, -0.15) is 0 Å². The summed E-state index contributed by atoms with van der Waals surface area (Å²) in [4.78, 5) is 0. The summed E-state index contributed by atoms with van der Waals surface area (Å²) < 4.78 is 12.1. The van der Waals surface area contributed by atoms with Crippen LogP contribution in [0.2, 0.25) is 0 Å². The molecule has 0 aliphatic heterocycles. The van der Waals surface area contributed by atoms with Gasteiger partial charge in [-0.3, -0.25) is 0 Å². The highest BCUT2D eigenvalue weighted by molar-refractivity contribution is 5.61. The number of allylic oxidation sites excluding steroid dienone is 1. The van der Waals surface area contributed by atoms with E-state index in [1.54, 1.807) is 0 Å². The third-order valence-corrected chi connectivity index (χ3v) is 5.92. The van der Waals surface area contributed by atoms with Crippen LogP contribution < -0.4 is 4.74 Å². The van der Waals surface area contributed by atoms with Crippen molar-refractivity contribution in [1.29, 1.82) is 0 Å². The molecule has 5 rings (SSSR count). The Bertz CT molecular complexity index is 522. The number of rotatable bonds is 5.